The van der Waals surface area contributed by atoms with Crippen molar-refractivity contribution in [3.05, 3.63) is 53.1 Å². The number of ketones is 1. The lowest BCUT2D eigenvalue weighted by atomic mass is 9.78. The molecule has 1 aliphatic heterocycles. The minimum absolute atomic E-state index is 0.0575. The molecule has 118 valence electrons. The van der Waals surface area contributed by atoms with Crippen LogP contribution in [-0.4, -0.2) is 32.1 Å². The van der Waals surface area contributed by atoms with Gasteiger partial charge < -0.3 is 19.2 Å². The van der Waals surface area contributed by atoms with Crippen LogP contribution in [0.3, 0.4) is 0 Å². The van der Waals surface area contributed by atoms with E-state index in [1.54, 1.807) is 25.3 Å². The summed E-state index contributed by atoms with van der Waals surface area (Å²) < 4.78 is 15.6. The first-order valence-corrected chi connectivity index (χ1v) is 7.29. The van der Waals surface area contributed by atoms with E-state index in [0.29, 0.717) is 23.7 Å². The van der Waals surface area contributed by atoms with E-state index in [2.05, 4.69) is 0 Å². The zero-order chi connectivity index (χ0) is 16.4. The average molecular weight is 312 g/mol. The molecule has 1 heterocycles. The van der Waals surface area contributed by atoms with Crippen LogP contribution in [0.15, 0.2) is 36.4 Å². The lowest BCUT2D eigenvalue weighted by Gasteiger charge is -2.10. The summed E-state index contributed by atoms with van der Waals surface area (Å²) in [6.45, 7) is 0.400. The largest absolute Gasteiger partial charge is 0.497 e. The van der Waals surface area contributed by atoms with E-state index >= 15 is 0 Å². The number of benzene rings is 2. The number of methoxy groups -OCH3 is 2. The summed E-state index contributed by atoms with van der Waals surface area (Å²) in [5.41, 5.74) is 3.02. The highest BCUT2D eigenvalue weighted by atomic mass is 16.5. The molecular weight excluding hydrogens is 295 g/mol. The number of ether oxygens (including phenoxy) is 2. The number of hydrogen-bond donors (Lipinski definition) is 1. The molecule has 0 radical (unpaired) electrons. The van der Waals surface area contributed by atoms with Crippen LogP contribution in [0, 0.1) is 0 Å². The highest BCUT2D eigenvalue weighted by Crippen LogP contribution is 2.26. The van der Waals surface area contributed by atoms with Crippen LogP contribution in [0.5, 0.6) is 11.5 Å². The van der Waals surface area contributed by atoms with Crippen LogP contribution in [0.2, 0.25) is 0 Å². The smallest absolute Gasteiger partial charge is 0.491 e. The molecule has 0 spiro atoms. The number of fused-ring (bicyclic) bond motifs is 1. The molecule has 0 aliphatic carbocycles. The summed E-state index contributed by atoms with van der Waals surface area (Å²) in [5.74, 6) is 1.06. The summed E-state index contributed by atoms with van der Waals surface area (Å²) in [6, 6.07) is 10.7. The monoisotopic (exact) mass is 312 g/mol. The van der Waals surface area contributed by atoms with Gasteiger partial charge in [-0.05, 0) is 28.7 Å². The molecule has 1 N–H and O–H groups in total. The van der Waals surface area contributed by atoms with Crippen LogP contribution in [0.1, 0.15) is 21.5 Å². The van der Waals surface area contributed by atoms with E-state index in [-0.39, 0.29) is 12.2 Å². The summed E-state index contributed by atoms with van der Waals surface area (Å²) >= 11 is 0. The number of carbonyl (C=O) groups is 1. The molecule has 5 nitrogen and oxygen atoms in total. The average Bonchev–Trinajstić information content (AvgIpc) is 2.95. The Kier molecular flexibility index (Phi) is 4.36. The summed E-state index contributed by atoms with van der Waals surface area (Å²) in [7, 11) is 2.18. The maximum absolute atomic E-state index is 12.6. The lowest BCUT2D eigenvalue weighted by Crippen LogP contribution is -2.28. The zero-order valence-corrected chi connectivity index (χ0v) is 13.0. The van der Waals surface area contributed by atoms with Crippen molar-refractivity contribution in [3.63, 3.8) is 0 Å². The van der Waals surface area contributed by atoms with Crippen molar-refractivity contribution < 1.29 is 23.9 Å². The molecule has 3 rings (SSSR count). The van der Waals surface area contributed by atoms with Gasteiger partial charge in [-0.1, -0.05) is 18.2 Å². The Balaban J connectivity index is 1.84. The predicted molar refractivity (Wildman–Crippen MR) is 86.4 cm³/mol. The van der Waals surface area contributed by atoms with Crippen molar-refractivity contribution >= 4 is 18.4 Å². The number of rotatable bonds is 5. The van der Waals surface area contributed by atoms with Crippen molar-refractivity contribution in [2.45, 2.75) is 13.0 Å². The Morgan fingerprint density at radius 2 is 2.04 bits per heavy atom. The van der Waals surface area contributed by atoms with Crippen molar-refractivity contribution in [1.82, 2.24) is 0 Å². The number of Topliss-reactive ketones (excluding diaryl/α,β-unsaturated/α-hetero) is 1. The van der Waals surface area contributed by atoms with E-state index in [1.807, 2.05) is 18.2 Å². The van der Waals surface area contributed by atoms with E-state index in [4.69, 9.17) is 14.1 Å². The van der Waals surface area contributed by atoms with Gasteiger partial charge in [-0.2, -0.15) is 0 Å². The van der Waals surface area contributed by atoms with E-state index in [1.165, 1.54) is 7.11 Å². The molecule has 0 saturated carbocycles. The van der Waals surface area contributed by atoms with Gasteiger partial charge >= 0.3 is 7.12 Å². The molecule has 0 unspecified atom stereocenters. The molecule has 0 atom stereocenters. The van der Waals surface area contributed by atoms with E-state index < -0.39 is 7.12 Å². The first kappa shape index (κ1) is 15.6. The molecule has 0 saturated heterocycles. The van der Waals surface area contributed by atoms with Crippen LogP contribution in [0.4, 0.5) is 0 Å². The van der Waals surface area contributed by atoms with E-state index in [0.717, 1.165) is 16.6 Å². The third-order valence-corrected chi connectivity index (χ3v) is 3.95. The molecule has 0 aromatic heterocycles. The summed E-state index contributed by atoms with van der Waals surface area (Å²) in [4.78, 5) is 12.6. The summed E-state index contributed by atoms with van der Waals surface area (Å²) in [5, 5.41) is 9.76. The highest BCUT2D eigenvalue weighted by Gasteiger charge is 2.27. The zero-order valence-electron chi connectivity index (χ0n) is 13.0. The van der Waals surface area contributed by atoms with Crippen molar-refractivity contribution in [2.24, 2.45) is 0 Å². The number of hydrogen-bond acceptors (Lipinski definition) is 5. The SMILES string of the molecule is COc1ccc(C(=O)Cc2ccc3c(c2)B(O)OC3)c(OC)c1. The fourth-order valence-electron chi connectivity index (χ4n) is 2.68. The molecule has 0 fully saturated rings. The third-order valence-electron chi connectivity index (χ3n) is 3.95. The fraction of sp³-hybridized carbons (Fsp3) is 0.235. The van der Waals surface area contributed by atoms with Gasteiger partial charge in [-0.25, -0.2) is 0 Å². The van der Waals surface area contributed by atoms with Gasteiger partial charge in [-0.15, -0.1) is 0 Å². The maximum atomic E-state index is 12.6. The van der Waals surface area contributed by atoms with Gasteiger partial charge in [-0.3, -0.25) is 4.79 Å². The standard InChI is InChI=1S/C17H17BO5/c1-21-13-5-6-14(17(9-13)22-2)16(19)8-11-3-4-12-10-23-18(20)15(12)7-11/h3-7,9,20H,8,10H2,1-2H3. The first-order valence-electron chi connectivity index (χ1n) is 7.29. The van der Waals surface area contributed by atoms with Crippen LogP contribution >= 0.6 is 0 Å². The minimum atomic E-state index is -0.907. The topological polar surface area (TPSA) is 65.0 Å². The molecule has 6 heteroatoms. The van der Waals surface area contributed by atoms with Gasteiger partial charge in [0.1, 0.15) is 11.5 Å². The fourth-order valence-corrected chi connectivity index (χ4v) is 2.68. The molecular formula is C17H17BO5. The Morgan fingerprint density at radius 1 is 1.22 bits per heavy atom. The number of carbonyl (C=O) groups excluding carboxylic acids is 1. The molecule has 2 aromatic rings. The molecule has 1 aliphatic rings. The Morgan fingerprint density at radius 3 is 2.78 bits per heavy atom. The van der Waals surface area contributed by atoms with Crippen LogP contribution in [0.25, 0.3) is 0 Å². The Bertz CT molecular complexity index is 744. The molecule has 2 aromatic carbocycles. The van der Waals surface area contributed by atoms with Gasteiger partial charge in [0.05, 0.1) is 26.4 Å². The van der Waals surface area contributed by atoms with Crippen LogP contribution in [-0.2, 0) is 17.7 Å². The minimum Gasteiger partial charge on any atom is -0.497 e. The van der Waals surface area contributed by atoms with Gasteiger partial charge in [0.2, 0.25) is 0 Å². The predicted octanol–water partition coefficient (Wildman–Crippen LogP) is 1.35. The second-order valence-electron chi connectivity index (χ2n) is 5.36. The molecule has 0 bridgehead atoms. The highest BCUT2D eigenvalue weighted by molar-refractivity contribution is 6.61. The molecule has 0 amide bonds. The van der Waals surface area contributed by atoms with Gasteiger partial charge in [0.15, 0.2) is 5.78 Å². The van der Waals surface area contributed by atoms with Gasteiger partial charge in [0.25, 0.3) is 0 Å². The second-order valence-corrected chi connectivity index (χ2v) is 5.36. The van der Waals surface area contributed by atoms with Crippen molar-refractivity contribution in [3.8, 4) is 11.5 Å². The summed E-state index contributed by atoms with van der Waals surface area (Å²) in [6.07, 6.45) is 0.225. The maximum Gasteiger partial charge on any atom is 0.491 e. The second kappa shape index (κ2) is 6.44. The third kappa shape index (κ3) is 3.09. The Labute approximate surface area is 134 Å². The van der Waals surface area contributed by atoms with Crippen LogP contribution < -0.4 is 14.9 Å². The van der Waals surface area contributed by atoms with Crippen molar-refractivity contribution in [1.29, 1.82) is 0 Å². The molecule has 23 heavy (non-hydrogen) atoms. The van der Waals surface area contributed by atoms with E-state index in [9.17, 15) is 9.82 Å². The Hall–Kier alpha value is -2.31. The van der Waals surface area contributed by atoms with Gasteiger partial charge in [0, 0.05) is 12.5 Å². The first-order chi connectivity index (χ1) is 11.1. The normalized spacial score (nSPS) is 12.9. The lowest BCUT2D eigenvalue weighted by molar-refractivity contribution is 0.0990. The van der Waals surface area contributed by atoms with Crippen molar-refractivity contribution in [2.75, 3.05) is 14.2 Å². The quantitative estimate of drug-likeness (QED) is 0.667.